The average Bonchev–Trinajstić information content (AvgIpc) is 2.19. The van der Waals surface area contributed by atoms with Crippen molar-refractivity contribution in [2.75, 3.05) is 0 Å². The molecule has 0 radical (unpaired) electrons. The van der Waals surface area contributed by atoms with Crippen LogP contribution in [-0.2, 0) is 0 Å². The molecule has 1 aromatic heterocycles. The van der Waals surface area contributed by atoms with E-state index in [4.69, 9.17) is 23.2 Å². The summed E-state index contributed by atoms with van der Waals surface area (Å²) in [7, 11) is 0. The number of carbonyl (C=O) groups is 1. The zero-order valence-corrected chi connectivity index (χ0v) is 10.4. The second kappa shape index (κ2) is 4.04. The van der Waals surface area contributed by atoms with Crippen LogP contribution in [-0.4, -0.2) is 10.8 Å². The van der Waals surface area contributed by atoms with Crippen LogP contribution in [0.5, 0.6) is 0 Å². The van der Waals surface area contributed by atoms with E-state index in [0.29, 0.717) is 21.3 Å². The summed E-state index contributed by atoms with van der Waals surface area (Å²) < 4.78 is 0. The van der Waals surface area contributed by atoms with Crippen LogP contribution in [0.1, 0.15) is 23.0 Å². The van der Waals surface area contributed by atoms with Gasteiger partial charge in [0.2, 0.25) is 0 Å². The number of fused-ring (bicyclic) bond motifs is 1. The first-order chi connectivity index (χ1) is 7.49. The number of ketones is 1. The van der Waals surface area contributed by atoms with E-state index in [1.807, 2.05) is 6.92 Å². The number of benzene rings is 1. The molecule has 4 heteroatoms. The topological polar surface area (TPSA) is 30.0 Å². The summed E-state index contributed by atoms with van der Waals surface area (Å²) >= 11 is 12.0. The number of aromatic nitrogens is 1. The van der Waals surface area contributed by atoms with Gasteiger partial charge in [-0.05, 0) is 30.7 Å². The van der Waals surface area contributed by atoms with E-state index in [1.54, 1.807) is 18.2 Å². The molecular weight excluding hydrogens is 245 g/mol. The number of carbonyl (C=O) groups excluding carboxylic acids is 1. The van der Waals surface area contributed by atoms with E-state index in [0.717, 1.165) is 10.9 Å². The van der Waals surface area contributed by atoms with Crippen molar-refractivity contribution in [3.05, 3.63) is 39.5 Å². The van der Waals surface area contributed by atoms with Crippen molar-refractivity contribution < 1.29 is 4.79 Å². The summed E-state index contributed by atoms with van der Waals surface area (Å²) in [5, 5.41) is 1.91. The smallest absolute Gasteiger partial charge is 0.178 e. The monoisotopic (exact) mass is 253 g/mol. The molecule has 0 unspecified atom stereocenters. The lowest BCUT2D eigenvalue weighted by molar-refractivity contribution is 0.101. The minimum atomic E-state index is -0.0731. The summed E-state index contributed by atoms with van der Waals surface area (Å²) in [6.07, 6.45) is 0. The lowest BCUT2D eigenvalue weighted by atomic mass is 10.1. The number of hydrogen-bond donors (Lipinski definition) is 0. The normalized spacial score (nSPS) is 10.8. The predicted octanol–water partition coefficient (Wildman–Crippen LogP) is 4.05. The van der Waals surface area contributed by atoms with E-state index in [2.05, 4.69) is 4.98 Å². The lowest BCUT2D eigenvalue weighted by Crippen LogP contribution is -1.98. The molecule has 0 fully saturated rings. The Balaban J connectivity index is 2.87. The van der Waals surface area contributed by atoms with Crippen LogP contribution in [0, 0.1) is 6.92 Å². The van der Waals surface area contributed by atoms with Crippen molar-refractivity contribution in [1.29, 1.82) is 0 Å². The van der Waals surface area contributed by atoms with Gasteiger partial charge in [0, 0.05) is 17.3 Å². The van der Waals surface area contributed by atoms with Crippen molar-refractivity contribution in [2.45, 2.75) is 13.8 Å². The molecule has 1 aromatic carbocycles. The van der Waals surface area contributed by atoms with Crippen LogP contribution < -0.4 is 0 Å². The van der Waals surface area contributed by atoms with Gasteiger partial charge in [0.15, 0.2) is 5.78 Å². The van der Waals surface area contributed by atoms with E-state index in [9.17, 15) is 4.79 Å². The average molecular weight is 254 g/mol. The van der Waals surface area contributed by atoms with Crippen molar-refractivity contribution in [1.82, 2.24) is 4.98 Å². The van der Waals surface area contributed by atoms with E-state index in [1.165, 1.54) is 6.92 Å². The van der Waals surface area contributed by atoms with Crippen LogP contribution in [0.4, 0.5) is 0 Å². The third-order valence-corrected chi connectivity index (χ3v) is 2.91. The van der Waals surface area contributed by atoms with Crippen molar-refractivity contribution in [3.8, 4) is 0 Å². The molecular formula is C12H9Cl2NO. The van der Waals surface area contributed by atoms with Gasteiger partial charge in [0.05, 0.1) is 10.5 Å². The molecule has 0 spiro atoms. The quantitative estimate of drug-likeness (QED) is 0.718. The van der Waals surface area contributed by atoms with Gasteiger partial charge in [0.1, 0.15) is 5.69 Å². The number of Topliss-reactive ketones (excluding diaryl/α,β-unsaturated/α-hetero) is 1. The van der Waals surface area contributed by atoms with E-state index in [-0.39, 0.29) is 5.78 Å². The highest BCUT2D eigenvalue weighted by Gasteiger charge is 2.09. The highest BCUT2D eigenvalue weighted by atomic mass is 35.5. The van der Waals surface area contributed by atoms with Crippen LogP contribution in [0.15, 0.2) is 18.2 Å². The Kier molecular flexibility index (Phi) is 2.87. The van der Waals surface area contributed by atoms with Gasteiger partial charge in [-0.15, -0.1) is 0 Å². The molecule has 0 atom stereocenters. The number of halogens is 2. The molecule has 2 rings (SSSR count). The first-order valence-electron chi connectivity index (χ1n) is 4.76. The third kappa shape index (κ3) is 1.91. The van der Waals surface area contributed by atoms with Gasteiger partial charge in [-0.3, -0.25) is 4.79 Å². The second-order valence-electron chi connectivity index (χ2n) is 3.66. The molecule has 2 aromatic rings. The maximum atomic E-state index is 11.3. The van der Waals surface area contributed by atoms with Crippen molar-refractivity contribution in [2.24, 2.45) is 0 Å². The molecule has 16 heavy (non-hydrogen) atoms. The van der Waals surface area contributed by atoms with Gasteiger partial charge in [-0.25, -0.2) is 4.98 Å². The number of hydrogen-bond acceptors (Lipinski definition) is 2. The minimum Gasteiger partial charge on any atom is -0.293 e. The zero-order valence-electron chi connectivity index (χ0n) is 8.84. The van der Waals surface area contributed by atoms with Crippen molar-refractivity contribution in [3.63, 3.8) is 0 Å². The molecule has 2 nitrogen and oxygen atoms in total. The van der Waals surface area contributed by atoms with Gasteiger partial charge in [-0.2, -0.15) is 0 Å². The molecule has 1 heterocycles. The molecule has 0 saturated carbocycles. The Hall–Kier alpha value is -1.12. The van der Waals surface area contributed by atoms with Crippen molar-refractivity contribution >= 4 is 39.9 Å². The van der Waals surface area contributed by atoms with E-state index < -0.39 is 0 Å². The number of pyridine rings is 1. The fourth-order valence-corrected chi connectivity index (χ4v) is 2.13. The molecule has 0 bridgehead atoms. The molecule has 0 aliphatic rings. The molecule has 0 amide bonds. The Labute approximate surface area is 103 Å². The maximum absolute atomic E-state index is 11.3. The highest BCUT2D eigenvalue weighted by Crippen LogP contribution is 2.29. The Morgan fingerprint density at radius 1 is 1.25 bits per heavy atom. The Bertz CT molecular complexity index is 593. The second-order valence-corrected chi connectivity index (χ2v) is 4.51. The summed E-state index contributed by atoms with van der Waals surface area (Å²) in [5.41, 5.74) is 1.99. The molecule has 0 aliphatic heterocycles. The summed E-state index contributed by atoms with van der Waals surface area (Å²) in [5.74, 6) is -0.0731. The summed E-state index contributed by atoms with van der Waals surface area (Å²) in [6.45, 7) is 3.39. The number of nitrogens with zero attached hydrogens (tertiary/aromatic N) is 1. The van der Waals surface area contributed by atoms with Crippen LogP contribution in [0.25, 0.3) is 10.9 Å². The first-order valence-corrected chi connectivity index (χ1v) is 5.52. The Morgan fingerprint density at radius 3 is 2.56 bits per heavy atom. The predicted molar refractivity (Wildman–Crippen MR) is 66.5 cm³/mol. The molecule has 0 saturated heterocycles. The zero-order chi connectivity index (χ0) is 11.9. The van der Waals surface area contributed by atoms with Gasteiger partial charge in [0.25, 0.3) is 0 Å². The minimum absolute atomic E-state index is 0.0731. The van der Waals surface area contributed by atoms with E-state index >= 15 is 0 Å². The maximum Gasteiger partial charge on any atom is 0.178 e. The number of aryl methyl sites for hydroxylation is 1. The lowest BCUT2D eigenvalue weighted by Gasteiger charge is -2.06. The Morgan fingerprint density at radius 2 is 1.94 bits per heavy atom. The van der Waals surface area contributed by atoms with Gasteiger partial charge in [-0.1, -0.05) is 23.2 Å². The number of rotatable bonds is 1. The van der Waals surface area contributed by atoms with Crippen LogP contribution >= 0.6 is 23.2 Å². The summed E-state index contributed by atoms with van der Waals surface area (Å²) in [4.78, 5) is 15.5. The fourth-order valence-electron chi connectivity index (χ4n) is 1.60. The fraction of sp³-hybridized carbons (Fsp3) is 0.167. The van der Waals surface area contributed by atoms with Gasteiger partial charge < -0.3 is 0 Å². The first kappa shape index (κ1) is 11.4. The SMILES string of the molecule is CC(=O)c1cc(C)c2cc(Cl)cc(Cl)c2n1. The molecule has 0 aliphatic carbocycles. The standard InChI is InChI=1S/C12H9Cl2NO/c1-6-3-11(7(2)16)15-12-9(6)4-8(13)5-10(12)14/h3-5H,1-2H3. The largest absolute Gasteiger partial charge is 0.293 e. The third-order valence-electron chi connectivity index (χ3n) is 2.40. The van der Waals surface area contributed by atoms with Gasteiger partial charge >= 0.3 is 0 Å². The van der Waals surface area contributed by atoms with Crippen LogP contribution in [0.3, 0.4) is 0 Å². The highest BCUT2D eigenvalue weighted by molar-refractivity contribution is 6.38. The molecule has 0 N–H and O–H groups in total. The summed E-state index contributed by atoms with van der Waals surface area (Å²) in [6, 6.07) is 5.17. The van der Waals surface area contributed by atoms with Crippen LogP contribution in [0.2, 0.25) is 10.0 Å². The molecule has 82 valence electrons.